The molecule has 3 rings (SSSR count). The number of hydrogen-bond acceptors (Lipinski definition) is 4. The van der Waals surface area contributed by atoms with E-state index in [-0.39, 0.29) is 22.7 Å². The summed E-state index contributed by atoms with van der Waals surface area (Å²) in [5.74, 6) is 0.797. The highest BCUT2D eigenvalue weighted by Crippen LogP contribution is 2.37. The van der Waals surface area contributed by atoms with Crippen molar-refractivity contribution in [2.45, 2.75) is 103 Å². The minimum atomic E-state index is -1.92. The van der Waals surface area contributed by atoms with E-state index < -0.39 is 14.6 Å². The van der Waals surface area contributed by atoms with Gasteiger partial charge in [-0.2, -0.15) is 0 Å². The maximum absolute atomic E-state index is 6.53. The molecule has 2 aliphatic rings. The fraction of sp³-hybridized carbons (Fsp3) is 0.643. The van der Waals surface area contributed by atoms with Crippen LogP contribution in [0.4, 0.5) is 0 Å². The predicted molar refractivity (Wildman–Crippen MR) is 146 cm³/mol. The number of allylic oxidation sites excluding steroid dienone is 1. The molecule has 1 aromatic rings. The molecule has 34 heavy (non-hydrogen) atoms. The summed E-state index contributed by atoms with van der Waals surface area (Å²) in [4.78, 5) is 0. The Morgan fingerprint density at radius 3 is 2.24 bits per heavy atom. The van der Waals surface area contributed by atoms with Crippen molar-refractivity contribution in [1.82, 2.24) is 0 Å². The third-order valence-corrected chi connectivity index (χ3v) is 12.7. The summed E-state index contributed by atoms with van der Waals surface area (Å²) in [6, 6.07) is 8.29. The van der Waals surface area contributed by atoms with E-state index in [4.69, 9.17) is 18.6 Å². The first-order valence-corrected chi connectivity index (χ1v) is 16.2. The van der Waals surface area contributed by atoms with Gasteiger partial charge in [-0.1, -0.05) is 75.7 Å². The van der Waals surface area contributed by atoms with Crippen molar-refractivity contribution in [3.8, 4) is 5.75 Å². The number of ether oxygens (including phenoxy) is 3. The van der Waals surface area contributed by atoms with Gasteiger partial charge < -0.3 is 18.6 Å². The largest absolute Gasteiger partial charge is 0.461 e. The van der Waals surface area contributed by atoms with Gasteiger partial charge in [-0.05, 0) is 76.6 Å². The monoisotopic (exact) mass is 550 g/mol. The molecule has 0 N–H and O–H groups in total. The minimum Gasteiger partial charge on any atom is -0.461 e. The van der Waals surface area contributed by atoms with Crippen molar-refractivity contribution >= 4 is 24.2 Å². The zero-order valence-corrected chi connectivity index (χ0v) is 24.8. The number of benzene rings is 1. The Kier molecular flexibility index (Phi) is 8.95. The van der Waals surface area contributed by atoms with E-state index in [1.807, 2.05) is 18.2 Å². The fourth-order valence-corrected chi connectivity index (χ4v) is 5.38. The van der Waals surface area contributed by atoms with Crippen LogP contribution in [-0.2, 0) is 19.3 Å². The first-order valence-electron chi connectivity index (χ1n) is 12.5. The SMILES string of the molecule is CC(C)(C)c1ccc(O[C@@H]2C=C[C@H](OCC3=C(Br)CCC3)[C@@H](CO[Si](C)(C)C(C)(C)C)O2)cc1. The standard InChI is InChI=1S/C28H43BrO4Si/c1-27(2,3)21-12-14-22(15-13-21)32-26-17-16-24(30-18-20-10-9-11-23(20)29)25(33-26)19-31-34(7,8)28(4,5)6/h12-17,24-26H,9-11,18-19H2,1-8H3/t24-,25+,26-/m0/s1. The molecule has 1 aliphatic carbocycles. The molecular weight excluding hydrogens is 508 g/mol. The summed E-state index contributed by atoms with van der Waals surface area (Å²) >= 11 is 3.70. The van der Waals surface area contributed by atoms with Crippen LogP contribution < -0.4 is 4.74 Å². The summed E-state index contributed by atoms with van der Waals surface area (Å²) in [6.07, 6.45) is 6.59. The normalized spacial score (nSPS) is 24.1. The second kappa shape index (κ2) is 11.0. The highest BCUT2D eigenvalue weighted by molar-refractivity contribution is 9.11. The molecule has 6 heteroatoms. The van der Waals surface area contributed by atoms with Crippen molar-refractivity contribution in [3.63, 3.8) is 0 Å². The first kappa shape index (κ1) is 27.7. The van der Waals surface area contributed by atoms with Crippen LogP contribution in [0, 0.1) is 0 Å². The predicted octanol–water partition coefficient (Wildman–Crippen LogP) is 7.88. The molecule has 0 saturated carbocycles. The van der Waals surface area contributed by atoms with Crippen molar-refractivity contribution in [1.29, 1.82) is 0 Å². The van der Waals surface area contributed by atoms with Gasteiger partial charge in [-0.3, -0.25) is 0 Å². The fourth-order valence-electron chi connectivity index (χ4n) is 3.77. The summed E-state index contributed by atoms with van der Waals surface area (Å²) in [7, 11) is -1.92. The van der Waals surface area contributed by atoms with E-state index in [9.17, 15) is 0 Å². The molecule has 0 aromatic heterocycles. The molecule has 0 spiro atoms. The Hall–Kier alpha value is -0.923. The van der Waals surface area contributed by atoms with E-state index >= 15 is 0 Å². The van der Waals surface area contributed by atoms with Gasteiger partial charge in [0.1, 0.15) is 18.0 Å². The molecule has 0 fully saturated rings. The van der Waals surface area contributed by atoms with Crippen LogP contribution in [0.1, 0.15) is 66.4 Å². The first-order chi connectivity index (χ1) is 15.8. The molecule has 1 heterocycles. The van der Waals surface area contributed by atoms with Gasteiger partial charge in [0, 0.05) is 0 Å². The van der Waals surface area contributed by atoms with Crippen LogP contribution in [0.3, 0.4) is 0 Å². The summed E-state index contributed by atoms with van der Waals surface area (Å²) < 4.78 is 26.7. The van der Waals surface area contributed by atoms with Gasteiger partial charge >= 0.3 is 0 Å². The topological polar surface area (TPSA) is 36.9 Å². The number of halogens is 1. The molecule has 1 aromatic carbocycles. The average Bonchev–Trinajstić information content (AvgIpc) is 3.15. The quantitative estimate of drug-likeness (QED) is 0.243. The lowest BCUT2D eigenvalue weighted by atomic mass is 9.87. The molecule has 0 unspecified atom stereocenters. The molecule has 3 atom stereocenters. The van der Waals surface area contributed by atoms with E-state index in [0.717, 1.165) is 18.6 Å². The van der Waals surface area contributed by atoms with Crippen LogP contribution in [0.5, 0.6) is 5.75 Å². The molecule has 4 nitrogen and oxygen atoms in total. The highest BCUT2D eigenvalue weighted by atomic mass is 79.9. The van der Waals surface area contributed by atoms with Gasteiger partial charge in [-0.25, -0.2) is 0 Å². The Bertz CT molecular complexity index is 877. The summed E-state index contributed by atoms with van der Waals surface area (Å²) in [5, 5.41) is 0.137. The second-order valence-electron chi connectivity index (χ2n) is 12.0. The average molecular weight is 552 g/mol. The Morgan fingerprint density at radius 2 is 1.68 bits per heavy atom. The minimum absolute atomic E-state index is 0.111. The molecule has 0 radical (unpaired) electrons. The summed E-state index contributed by atoms with van der Waals surface area (Å²) in [5.41, 5.74) is 2.75. The smallest absolute Gasteiger partial charge is 0.220 e. The van der Waals surface area contributed by atoms with Crippen LogP contribution in [-0.4, -0.2) is 40.0 Å². The second-order valence-corrected chi connectivity index (χ2v) is 17.8. The third kappa shape index (κ3) is 7.30. The van der Waals surface area contributed by atoms with Crippen molar-refractivity contribution < 1.29 is 18.6 Å². The highest BCUT2D eigenvalue weighted by Gasteiger charge is 2.39. The molecule has 0 amide bonds. The van der Waals surface area contributed by atoms with Gasteiger partial charge in [0.25, 0.3) is 0 Å². The maximum atomic E-state index is 6.53. The molecule has 0 bridgehead atoms. The van der Waals surface area contributed by atoms with Gasteiger partial charge in [0.15, 0.2) is 8.32 Å². The van der Waals surface area contributed by atoms with Crippen LogP contribution in [0.25, 0.3) is 0 Å². The van der Waals surface area contributed by atoms with Crippen molar-refractivity contribution in [2.24, 2.45) is 0 Å². The van der Waals surface area contributed by atoms with Crippen molar-refractivity contribution in [2.75, 3.05) is 13.2 Å². The number of hydrogen-bond donors (Lipinski definition) is 0. The van der Waals surface area contributed by atoms with E-state index in [1.165, 1.54) is 22.0 Å². The lowest BCUT2D eigenvalue weighted by molar-refractivity contribution is -0.151. The van der Waals surface area contributed by atoms with E-state index in [2.05, 4.69) is 88.8 Å². The Labute approximate surface area is 216 Å². The molecule has 0 saturated heterocycles. The van der Waals surface area contributed by atoms with Gasteiger partial charge in [0.2, 0.25) is 6.29 Å². The van der Waals surface area contributed by atoms with Gasteiger partial charge in [-0.15, -0.1) is 0 Å². The zero-order valence-electron chi connectivity index (χ0n) is 22.2. The van der Waals surface area contributed by atoms with Crippen LogP contribution >= 0.6 is 15.9 Å². The Balaban J connectivity index is 1.69. The summed E-state index contributed by atoms with van der Waals surface area (Å²) in [6.45, 7) is 19.1. The number of rotatable bonds is 8. The van der Waals surface area contributed by atoms with Crippen LogP contribution in [0.15, 0.2) is 46.5 Å². The van der Waals surface area contributed by atoms with Crippen molar-refractivity contribution in [3.05, 3.63) is 52.0 Å². The third-order valence-electron chi connectivity index (χ3n) is 7.23. The zero-order chi connectivity index (χ0) is 25.1. The lowest BCUT2D eigenvalue weighted by Crippen LogP contribution is -2.47. The molecule has 1 aliphatic heterocycles. The maximum Gasteiger partial charge on any atom is 0.220 e. The van der Waals surface area contributed by atoms with Gasteiger partial charge in [0.05, 0.1) is 13.2 Å². The lowest BCUT2D eigenvalue weighted by Gasteiger charge is -2.39. The Morgan fingerprint density at radius 1 is 1.00 bits per heavy atom. The van der Waals surface area contributed by atoms with E-state index in [1.54, 1.807) is 0 Å². The molecular formula is C28H43BrO4Si. The van der Waals surface area contributed by atoms with Crippen LogP contribution in [0.2, 0.25) is 18.1 Å². The molecule has 190 valence electrons. The van der Waals surface area contributed by atoms with E-state index in [0.29, 0.717) is 13.2 Å².